The van der Waals surface area contributed by atoms with Crippen molar-refractivity contribution in [1.29, 1.82) is 0 Å². The van der Waals surface area contributed by atoms with Crippen LogP contribution in [0.2, 0.25) is 0 Å². The minimum Gasteiger partial charge on any atom is -0.344 e. The second kappa shape index (κ2) is 7.41. The van der Waals surface area contributed by atoms with Crippen LogP contribution in [0.15, 0.2) is 67.5 Å². The molecule has 0 saturated heterocycles. The van der Waals surface area contributed by atoms with Gasteiger partial charge in [0.2, 0.25) is 0 Å². The van der Waals surface area contributed by atoms with Crippen molar-refractivity contribution in [2.24, 2.45) is 0 Å². The number of hydrogen-bond donors (Lipinski definition) is 1. The van der Waals surface area contributed by atoms with Crippen LogP contribution < -0.4 is 5.32 Å². The van der Waals surface area contributed by atoms with E-state index in [4.69, 9.17) is 0 Å². The predicted octanol–water partition coefficient (Wildman–Crippen LogP) is 2.80. The minimum absolute atomic E-state index is 0.144. The summed E-state index contributed by atoms with van der Waals surface area (Å²) in [5.41, 5.74) is 3.32. The van der Waals surface area contributed by atoms with E-state index in [1.165, 1.54) is 6.33 Å². The van der Waals surface area contributed by atoms with Gasteiger partial charge in [-0.2, -0.15) is 5.10 Å². The van der Waals surface area contributed by atoms with E-state index in [0.717, 1.165) is 16.8 Å². The lowest BCUT2D eigenvalue weighted by molar-refractivity contribution is 0.0929. The highest BCUT2D eigenvalue weighted by molar-refractivity contribution is 5.93. The number of nitrogens with one attached hydrogen (secondary N) is 1. The van der Waals surface area contributed by atoms with Gasteiger partial charge in [-0.15, -0.1) is 0 Å². The molecule has 0 aliphatic heterocycles. The summed E-state index contributed by atoms with van der Waals surface area (Å²) in [5.74, 6) is -0.191. The first-order valence-corrected chi connectivity index (χ1v) is 8.82. The number of carbonyl (C=O) groups excluding carboxylic acids is 1. The fourth-order valence-corrected chi connectivity index (χ4v) is 3.06. The zero-order chi connectivity index (χ0) is 18.6. The van der Waals surface area contributed by atoms with Gasteiger partial charge in [-0.1, -0.05) is 36.4 Å². The molecular formula is C20H20N6O. The quantitative estimate of drug-likeness (QED) is 0.574. The molecular weight excluding hydrogens is 340 g/mol. The number of carbonyl (C=O) groups is 1. The van der Waals surface area contributed by atoms with Gasteiger partial charge >= 0.3 is 0 Å². The lowest BCUT2D eigenvalue weighted by atomic mass is 10.0. The third-order valence-electron chi connectivity index (χ3n) is 4.45. The molecule has 7 heteroatoms. The Kier molecular flexibility index (Phi) is 4.65. The van der Waals surface area contributed by atoms with Crippen molar-refractivity contribution in [2.45, 2.75) is 25.9 Å². The maximum Gasteiger partial charge on any atom is 0.271 e. The normalized spacial score (nSPS) is 12.2. The van der Waals surface area contributed by atoms with Gasteiger partial charge in [-0.25, -0.2) is 9.97 Å². The second-order valence-corrected chi connectivity index (χ2v) is 6.48. The molecule has 1 aromatic carbocycles. The number of pyridine rings is 1. The van der Waals surface area contributed by atoms with Gasteiger partial charge in [0.05, 0.1) is 6.04 Å². The topological polar surface area (TPSA) is 77.1 Å². The number of aryl methyl sites for hydroxylation is 2. The van der Waals surface area contributed by atoms with Crippen LogP contribution in [0.4, 0.5) is 0 Å². The van der Waals surface area contributed by atoms with Gasteiger partial charge in [0.15, 0.2) is 0 Å². The lowest BCUT2D eigenvalue weighted by Gasteiger charge is -2.18. The number of benzene rings is 1. The van der Waals surface area contributed by atoms with Crippen LogP contribution in [-0.2, 0) is 6.54 Å². The van der Waals surface area contributed by atoms with Gasteiger partial charge in [0.1, 0.15) is 24.0 Å². The van der Waals surface area contributed by atoms with Gasteiger partial charge in [-0.3, -0.25) is 9.48 Å². The highest BCUT2D eigenvalue weighted by Crippen LogP contribution is 2.18. The molecule has 0 spiro atoms. The molecule has 1 N–H and O–H groups in total. The molecule has 0 fully saturated rings. The molecule has 7 nitrogen and oxygen atoms in total. The zero-order valence-electron chi connectivity index (χ0n) is 15.0. The molecule has 0 aliphatic carbocycles. The summed E-state index contributed by atoms with van der Waals surface area (Å²) in [6.07, 6.45) is 7.60. The molecule has 0 radical (unpaired) electrons. The monoisotopic (exact) mass is 360 g/mol. The Morgan fingerprint density at radius 3 is 2.78 bits per heavy atom. The molecule has 1 amide bonds. The molecule has 1 atom stereocenters. The van der Waals surface area contributed by atoms with Crippen LogP contribution in [0, 0.1) is 6.92 Å². The van der Waals surface area contributed by atoms with E-state index in [-0.39, 0.29) is 11.9 Å². The van der Waals surface area contributed by atoms with Crippen molar-refractivity contribution < 1.29 is 4.79 Å². The first-order chi connectivity index (χ1) is 13.2. The SMILES string of the molecule is Cc1ccc2nc(C(=O)NC(CCn3cncn3)c3ccccc3)cn2c1. The predicted molar refractivity (Wildman–Crippen MR) is 101 cm³/mol. The third-order valence-corrected chi connectivity index (χ3v) is 4.45. The number of aromatic nitrogens is 5. The summed E-state index contributed by atoms with van der Waals surface area (Å²) < 4.78 is 3.63. The summed E-state index contributed by atoms with van der Waals surface area (Å²) in [4.78, 5) is 21.2. The highest BCUT2D eigenvalue weighted by atomic mass is 16.2. The standard InChI is InChI=1S/C20H20N6O/c1-15-7-8-19-23-18(12-25(19)11-15)20(27)24-17(16-5-3-2-4-6-16)9-10-26-14-21-13-22-26/h2-8,11-14,17H,9-10H2,1H3,(H,24,27). The van der Waals surface area contributed by atoms with E-state index in [0.29, 0.717) is 18.7 Å². The van der Waals surface area contributed by atoms with Gasteiger partial charge in [0.25, 0.3) is 5.91 Å². The summed E-state index contributed by atoms with van der Waals surface area (Å²) in [7, 11) is 0. The Bertz CT molecular complexity index is 1040. The van der Waals surface area contributed by atoms with Crippen molar-refractivity contribution in [3.05, 3.63) is 84.3 Å². The van der Waals surface area contributed by atoms with E-state index < -0.39 is 0 Å². The maximum atomic E-state index is 12.8. The van der Waals surface area contributed by atoms with Crippen molar-refractivity contribution >= 4 is 11.6 Å². The molecule has 136 valence electrons. The van der Waals surface area contributed by atoms with Crippen LogP contribution in [0.25, 0.3) is 5.65 Å². The van der Waals surface area contributed by atoms with Gasteiger partial charge < -0.3 is 9.72 Å². The lowest BCUT2D eigenvalue weighted by Crippen LogP contribution is -2.29. The zero-order valence-corrected chi connectivity index (χ0v) is 15.0. The second-order valence-electron chi connectivity index (χ2n) is 6.48. The smallest absolute Gasteiger partial charge is 0.271 e. The summed E-state index contributed by atoms with van der Waals surface area (Å²) in [5, 5.41) is 7.24. The van der Waals surface area contributed by atoms with Crippen molar-refractivity contribution in [1.82, 2.24) is 29.5 Å². The van der Waals surface area contributed by atoms with Gasteiger partial charge in [0, 0.05) is 18.9 Å². The van der Waals surface area contributed by atoms with E-state index in [1.54, 1.807) is 17.2 Å². The molecule has 1 unspecified atom stereocenters. The number of rotatable bonds is 6. The fourth-order valence-electron chi connectivity index (χ4n) is 3.06. The third kappa shape index (κ3) is 3.87. The molecule has 0 bridgehead atoms. The molecule has 0 saturated carbocycles. The Morgan fingerprint density at radius 2 is 2.00 bits per heavy atom. The number of nitrogens with zero attached hydrogens (tertiary/aromatic N) is 5. The van der Waals surface area contributed by atoms with Gasteiger partial charge in [-0.05, 0) is 30.5 Å². The van der Waals surface area contributed by atoms with Crippen LogP contribution in [-0.4, -0.2) is 30.1 Å². The molecule has 0 aliphatic rings. The number of fused-ring (bicyclic) bond motifs is 1. The van der Waals surface area contributed by atoms with E-state index in [9.17, 15) is 4.79 Å². The molecule has 3 aromatic heterocycles. The highest BCUT2D eigenvalue weighted by Gasteiger charge is 2.18. The van der Waals surface area contributed by atoms with E-state index in [2.05, 4.69) is 20.4 Å². The first-order valence-electron chi connectivity index (χ1n) is 8.82. The van der Waals surface area contributed by atoms with E-state index in [1.807, 2.05) is 60.0 Å². The Hall–Kier alpha value is -3.48. The average Bonchev–Trinajstić information content (AvgIpc) is 3.35. The van der Waals surface area contributed by atoms with Crippen LogP contribution in [0.3, 0.4) is 0 Å². The number of hydrogen-bond acceptors (Lipinski definition) is 4. The van der Waals surface area contributed by atoms with E-state index >= 15 is 0 Å². The van der Waals surface area contributed by atoms with Crippen molar-refractivity contribution in [3.63, 3.8) is 0 Å². The molecule has 3 heterocycles. The Labute approximate surface area is 156 Å². The average molecular weight is 360 g/mol. The van der Waals surface area contributed by atoms with Crippen LogP contribution in [0.5, 0.6) is 0 Å². The minimum atomic E-state index is -0.191. The number of imidazole rings is 1. The molecule has 4 aromatic rings. The fraction of sp³-hybridized carbons (Fsp3) is 0.200. The van der Waals surface area contributed by atoms with Crippen molar-refractivity contribution in [3.8, 4) is 0 Å². The maximum absolute atomic E-state index is 12.8. The summed E-state index contributed by atoms with van der Waals surface area (Å²) >= 11 is 0. The Morgan fingerprint density at radius 1 is 1.15 bits per heavy atom. The largest absolute Gasteiger partial charge is 0.344 e. The Balaban J connectivity index is 1.54. The number of amides is 1. The summed E-state index contributed by atoms with van der Waals surface area (Å²) in [6.45, 7) is 2.67. The molecule has 4 rings (SSSR count). The van der Waals surface area contributed by atoms with Crippen LogP contribution >= 0.6 is 0 Å². The summed E-state index contributed by atoms with van der Waals surface area (Å²) in [6, 6.07) is 13.7. The van der Waals surface area contributed by atoms with Crippen molar-refractivity contribution in [2.75, 3.05) is 0 Å². The van der Waals surface area contributed by atoms with Crippen LogP contribution in [0.1, 0.15) is 34.1 Å². The first kappa shape index (κ1) is 17.0. The molecule has 27 heavy (non-hydrogen) atoms.